The minimum Gasteiger partial charge on any atom is -0.327 e. The molecule has 2 nitrogen and oxygen atoms in total. The fourth-order valence-electron chi connectivity index (χ4n) is 1.22. The average Bonchev–Trinajstić information content (AvgIpc) is 1.88. The second-order valence-electron chi connectivity index (χ2n) is 2.69. The highest BCUT2D eigenvalue weighted by Crippen LogP contribution is 2.19. The molecule has 1 aliphatic carbocycles. The van der Waals surface area contributed by atoms with Gasteiger partial charge in [0, 0.05) is 12.0 Å². The lowest BCUT2D eigenvalue weighted by molar-refractivity contribution is 0.443. The van der Waals surface area contributed by atoms with E-state index in [-0.39, 0.29) is 17.5 Å². The Labute approximate surface area is 66.2 Å². The number of halogens is 1. The molecule has 0 radical (unpaired) electrons. The highest BCUT2D eigenvalue weighted by molar-refractivity contribution is 6.20. The van der Waals surface area contributed by atoms with Gasteiger partial charge in [0.15, 0.2) is 0 Å². The third-order valence-corrected chi connectivity index (χ3v) is 2.18. The number of alkyl halides is 1. The Kier molecular flexibility index (Phi) is 2.72. The zero-order valence-electron chi connectivity index (χ0n) is 5.83. The van der Waals surface area contributed by atoms with Crippen molar-refractivity contribution in [3.8, 4) is 0 Å². The molecule has 3 atom stereocenters. The summed E-state index contributed by atoms with van der Waals surface area (Å²) in [5.74, 6) is 0.162. The summed E-state index contributed by atoms with van der Waals surface area (Å²) in [6, 6.07) is 0.150. The molecule has 0 aromatic rings. The minimum absolute atomic E-state index is 0.150. The summed E-state index contributed by atoms with van der Waals surface area (Å²) in [6.45, 7) is 0. The van der Waals surface area contributed by atoms with Gasteiger partial charge in [0.05, 0.1) is 5.50 Å². The van der Waals surface area contributed by atoms with Crippen molar-refractivity contribution in [3.63, 3.8) is 0 Å². The fourth-order valence-corrected chi connectivity index (χ4v) is 1.49. The van der Waals surface area contributed by atoms with Gasteiger partial charge in [-0.15, -0.1) is 11.6 Å². The molecule has 0 spiro atoms. The molecule has 0 fully saturated rings. The van der Waals surface area contributed by atoms with E-state index in [4.69, 9.17) is 23.1 Å². The van der Waals surface area contributed by atoms with Crippen LogP contribution in [0.15, 0.2) is 12.2 Å². The average molecular weight is 161 g/mol. The van der Waals surface area contributed by atoms with Gasteiger partial charge in [-0.3, -0.25) is 0 Å². The van der Waals surface area contributed by atoms with E-state index in [2.05, 4.69) is 6.08 Å². The summed E-state index contributed by atoms with van der Waals surface area (Å²) in [7, 11) is 0. The number of allylic oxidation sites excluding steroid dienone is 1. The molecule has 0 bridgehead atoms. The maximum atomic E-state index is 5.76. The van der Waals surface area contributed by atoms with Gasteiger partial charge in [0.25, 0.3) is 0 Å². The van der Waals surface area contributed by atoms with Crippen molar-refractivity contribution in [1.29, 1.82) is 0 Å². The van der Waals surface area contributed by atoms with E-state index >= 15 is 0 Å². The Balaban J connectivity index is 2.55. The standard InChI is InChI=1S/C7H13ClN2/c8-7(10)5-3-1-2-4-6(5)9/h1,3,5-7H,2,4,9-10H2/t5-,6?,7?/m0/s1. The Morgan fingerprint density at radius 1 is 1.60 bits per heavy atom. The maximum absolute atomic E-state index is 5.76. The summed E-state index contributed by atoms with van der Waals surface area (Å²) < 4.78 is 0. The highest BCUT2D eigenvalue weighted by Gasteiger charge is 2.21. The molecule has 0 aliphatic heterocycles. The second kappa shape index (κ2) is 3.37. The number of hydrogen-bond donors (Lipinski definition) is 2. The summed E-state index contributed by atoms with van der Waals surface area (Å²) in [5.41, 5.74) is 10.9. The molecule has 0 aromatic carbocycles. The predicted molar refractivity (Wildman–Crippen MR) is 43.7 cm³/mol. The molecule has 0 saturated heterocycles. The Morgan fingerprint density at radius 2 is 2.30 bits per heavy atom. The monoisotopic (exact) mass is 160 g/mol. The minimum atomic E-state index is -0.327. The van der Waals surface area contributed by atoms with E-state index in [1.54, 1.807) is 0 Å². The van der Waals surface area contributed by atoms with Gasteiger partial charge in [-0.25, -0.2) is 0 Å². The topological polar surface area (TPSA) is 52.0 Å². The van der Waals surface area contributed by atoms with Crippen LogP contribution in [0.1, 0.15) is 12.8 Å². The van der Waals surface area contributed by atoms with Gasteiger partial charge in [-0.05, 0) is 12.8 Å². The van der Waals surface area contributed by atoms with Gasteiger partial charge in [-0.1, -0.05) is 12.2 Å². The largest absolute Gasteiger partial charge is 0.327 e. The highest BCUT2D eigenvalue weighted by atomic mass is 35.5. The van der Waals surface area contributed by atoms with Crippen LogP contribution in [-0.4, -0.2) is 11.5 Å². The molecule has 10 heavy (non-hydrogen) atoms. The first-order valence-corrected chi connectivity index (χ1v) is 3.97. The summed E-state index contributed by atoms with van der Waals surface area (Å²) in [4.78, 5) is 0. The molecular weight excluding hydrogens is 148 g/mol. The third-order valence-electron chi connectivity index (χ3n) is 1.89. The van der Waals surface area contributed by atoms with Gasteiger partial charge in [0.1, 0.15) is 0 Å². The molecule has 1 aliphatic rings. The van der Waals surface area contributed by atoms with Crippen LogP contribution in [0.3, 0.4) is 0 Å². The van der Waals surface area contributed by atoms with Gasteiger partial charge in [-0.2, -0.15) is 0 Å². The first kappa shape index (κ1) is 8.05. The first-order chi connectivity index (χ1) is 4.72. The third kappa shape index (κ3) is 1.72. The van der Waals surface area contributed by atoms with Crippen molar-refractivity contribution in [2.75, 3.05) is 0 Å². The molecule has 58 valence electrons. The SMILES string of the molecule is NC(Cl)[C@H]1C=CCCC1N. The Bertz CT molecular complexity index is 134. The zero-order valence-corrected chi connectivity index (χ0v) is 6.59. The van der Waals surface area contributed by atoms with Crippen molar-refractivity contribution in [2.45, 2.75) is 24.4 Å². The molecule has 0 saturated carbocycles. The molecule has 3 heteroatoms. The molecule has 4 N–H and O–H groups in total. The van der Waals surface area contributed by atoms with Gasteiger partial charge >= 0.3 is 0 Å². The lowest BCUT2D eigenvalue weighted by Crippen LogP contribution is -2.39. The van der Waals surface area contributed by atoms with Crippen LogP contribution in [0.2, 0.25) is 0 Å². The van der Waals surface area contributed by atoms with Crippen LogP contribution in [0, 0.1) is 5.92 Å². The van der Waals surface area contributed by atoms with E-state index in [1.165, 1.54) is 0 Å². The molecular formula is C7H13ClN2. The lowest BCUT2D eigenvalue weighted by Gasteiger charge is -2.25. The molecule has 0 aromatic heterocycles. The molecule has 0 amide bonds. The molecule has 0 heterocycles. The fraction of sp³-hybridized carbons (Fsp3) is 0.714. The lowest BCUT2D eigenvalue weighted by atomic mass is 9.91. The second-order valence-corrected chi connectivity index (χ2v) is 3.20. The van der Waals surface area contributed by atoms with Crippen LogP contribution < -0.4 is 11.5 Å². The van der Waals surface area contributed by atoms with Crippen molar-refractivity contribution in [2.24, 2.45) is 17.4 Å². The van der Waals surface area contributed by atoms with Crippen molar-refractivity contribution >= 4 is 11.6 Å². The van der Waals surface area contributed by atoms with Crippen molar-refractivity contribution in [1.82, 2.24) is 0 Å². The number of nitrogens with two attached hydrogens (primary N) is 2. The first-order valence-electron chi connectivity index (χ1n) is 3.53. The molecule has 1 rings (SSSR count). The van der Waals surface area contributed by atoms with Crippen LogP contribution in [0.25, 0.3) is 0 Å². The maximum Gasteiger partial charge on any atom is 0.0878 e. The Hall–Kier alpha value is -0.0500. The van der Waals surface area contributed by atoms with E-state index in [0.29, 0.717) is 0 Å². The van der Waals surface area contributed by atoms with Crippen LogP contribution >= 0.6 is 11.6 Å². The van der Waals surface area contributed by atoms with E-state index in [9.17, 15) is 0 Å². The van der Waals surface area contributed by atoms with Crippen LogP contribution in [-0.2, 0) is 0 Å². The zero-order chi connectivity index (χ0) is 7.56. The Morgan fingerprint density at radius 3 is 2.70 bits per heavy atom. The predicted octanol–water partition coefficient (Wildman–Crippen LogP) is 0.803. The normalized spacial score (nSPS) is 35.9. The smallest absolute Gasteiger partial charge is 0.0878 e. The number of rotatable bonds is 1. The number of hydrogen-bond acceptors (Lipinski definition) is 2. The van der Waals surface area contributed by atoms with Gasteiger partial charge < -0.3 is 11.5 Å². The van der Waals surface area contributed by atoms with E-state index < -0.39 is 0 Å². The summed E-state index contributed by atoms with van der Waals surface area (Å²) >= 11 is 5.70. The van der Waals surface area contributed by atoms with E-state index in [0.717, 1.165) is 12.8 Å². The van der Waals surface area contributed by atoms with Crippen molar-refractivity contribution < 1.29 is 0 Å². The van der Waals surface area contributed by atoms with Crippen molar-refractivity contribution in [3.05, 3.63) is 12.2 Å². The van der Waals surface area contributed by atoms with Gasteiger partial charge in [0.2, 0.25) is 0 Å². The van der Waals surface area contributed by atoms with Crippen LogP contribution in [0.5, 0.6) is 0 Å². The van der Waals surface area contributed by atoms with Crippen LogP contribution in [0.4, 0.5) is 0 Å². The molecule has 2 unspecified atom stereocenters. The quantitative estimate of drug-likeness (QED) is 0.339. The van der Waals surface area contributed by atoms with E-state index in [1.807, 2.05) is 6.08 Å². The summed E-state index contributed by atoms with van der Waals surface area (Å²) in [6.07, 6.45) is 6.17. The summed E-state index contributed by atoms with van der Waals surface area (Å²) in [5, 5.41) is 0.